The fourth-order valence-corrected chi connectivity index (χ4v) is 6.33. The van der Waals surface area contributed by atoms with Gasteiger partial charge in [-0.2, -0.15) is 9.78 Å². The molecule has 0 saturated heterocycles. The van der Waals surface area contributed by atoms with E-state index in [9.17, 15) is 21.6 Å². The second-order valence-electron chi connectivity index (χ2n) is 9.33. The molecule has 212 valence electrons. The lowest BCUT2D eigenvalue weighted by Crippen LogP contribution is -2.26. The van der Waals surface area contributed by atoms with Crippen LogP contribution < -0.4 is 11.0 Å². The Morgan fingerprint density at radius 2 is 1.71 bits per heavy atom. The molecule has 0 radical (unpaired) electrons. The van der Waals surface area contributed by atoms with Gasteiger partial charge < -0.3 is 5.32 Å². The van der Waals surface area contributed by atoms with E-state index in [2.05, 4.69) is 15.4 Å². The molecule has 2 aromatic carbocycles. The first-order valence-corrected chi connectivity index (χ1v) is 15.7. The quantitative estimate of drug-likeness (QED) is 0.274. The molecule has 3 heterocycles. The molecule has 0 amide bonds. The molecule has 0 fully saturated rings. The minimum atomic E-state index is -4.05. The minimum Gasteiger partial charge on any atom is -0.316 e. The number of nitrogens with one attached hydrogen (secondary N) is 1. The van der Waals surface area contributed by atoms with Gasteiger partial charge in [0.25, 0.3) is 10.0 Å². The lowest BCUT2D eigenvalue weighted by atomic mass is 10.0. The van der Waals surface area contributed by atoms with Gasteiger partial charge in [-0.05, 0) is 66.2 Å². The van der Waals surface area contributed by atoms with Crippen molar-refractivity contribution in [3.8, 4) is 28.1 Å². The number of benzene rings is 2. The van der Waals surface area contributed by atoms with E-state index in [1.54, 1.807) is 43.4 Å². The van der Waals surface area contributed by atoms with E-state index < -0.39 is 37.2 Å². The van der Waals surface area contributed by atoms with Crippen LogP contribution in [0.2, 0.25) is 0 Å². The van der Waals surface area contributed by atoms with Crippen LogP contribution in [0.15, 0.2) is 95.3 Å². The predicted octanol–water partition coefficient (Wildman–Crippen LogP) is 2.66. The summed E-state index contributed by atoms with van der Waals surface area (Å²) >= 11 is 0. The second-order valence-corrected chi connectivity index (χ2v) is 13.3. The zero-order chi connectivity index (χ0) is 29.4. The van der Waals surface area contributed by atoms with Gasteiger partial charge in [0.05, 0.1) is 11.4 Å². The zero-order valence-electron chi connectivity index (χ0n) is 22.0. The monoisotopic (exact) mass is 596 g/mol. The lowest BCUT2D eigenvalue weighted by molar-refractivity contribution is 0.576. The number of halogens is 1. The van der Waals surface area contributed by atoms with E-state index in [1.807, 2.05) is 0 Å². The molecule has 0 aliphatic heterocycles. The molecular formula is C27H25FN6O5S2. The van der Waals surface area contributed by atoms with Crippen LogP contribution in [-0.2, 0) is 32.3 Å². The van der Waals surface area contributed by atoms with Gasteiger partial charge in [0, 0.05) is 37.0 Å². The highest BCUT2D eigenvalue weighted by Gasteiger charge is 2.24. The number of sulfone groups is 1. The van der Waals surface area contributed by atoms with Crippen LogP contribution in [0.1, 0.15) is 5.56 Å². The van der Waals surface area contributed by atoms with E-state index in [-0.39, 0.29) is 16.2 Å². The summed E-state index contributed by atoms with van der Waals surface area (Å²) in [6.45, 7) is 0.380. The molecule has 0 spiro atoms. The van der Waals surface area contributed by atoms with Crippen molar-refractivity contribution in [3.63, 3.8) is 0 Å². The molecule has 5 aromatic rings. The SMILES string of the molecule is CNCc1cc(-c2ccc(-c3ccc(-n4cnn(CS(C)(=O)=O)c4=O)cc3)cc2F)n(S(=O)(=O)c2cccnc2)c1. The first kappa shape index (κ1) is 28.1. The van der Waals surface area contributed by atoms with Crippen molar-refractivity contribution in [1.82, 2.24) is 28.6 Å². The molecule has 3 aromatic heterocycles. The maximum atomic E-state index is 15.6. The Hall–Kier alpha value is -4.40. The van der Waals surface area contributed by atoms with Gasteiger partial charge in [-0.15, -0.1) is 0 Å². The molecule has 5 rings (SSSR count). The van der Waals surface area contributed by atoms with E-state index in [0.717, 1.165) is 14.9 Å². The smallest absolute Gasteiger partial charge is 0.316 e. The van der Waals surface area contributed by atoms with E-state index in [0.29, 0.717) is 28.9 Å². The van der Waals surface area contributed by atoms with Crippen molar-refractivity contribution >= 4 is 19.9 Å². The van der Waals surface area contributed by atoms with E-state index >= 15 is 4.39 Å². The predicted molar refractivity (Wildman–Crippen MR) is 151 cm³/mol. The third-order valence-corrected chi connectivity index (χ3v) is 8.60. The Kier molecular flexibility index (Phi) is 7.46. The van der Waals surface area contributed by atoms with Crippen molar-refractivity contribution in [1.29, 1.82) is 0 Å². The van der Waals surface area contributed by atoms with Gasteiger partial charge in [-0.25, -0.2) is 34.6 Å². The van der Waals surface area contributed by atoms with E-state index in [1.165, 1.54) is 53.8 Å². The summed E-state index contributed by atoms with van der Waals surface area (Å²) in [6, 6.07) is 15.7. The fourth-order valence-electron chi connectivity index (χ4n) is 4.35. The number of hydrogen-bond acceptors (Lipinski definition) is 8. The molecule has 41 heavy (non-hydrogen) atoms. The maximum absolute atomic E-state index is 15.6. The number of rotatable bonds is 9. The highest BCUT2D eigenvalue weighted by atomic mass is 32.2. The molecule has 0 aliphatic rings. The van der Waals surface area contributed by atoms with Crippen LogP contribution in [0.5, 0.6) is 0 Å². The molecule has 0 bridgehead atoms. The molecular weight excluding hydrogens is 571 g/mol. The van der Waals surface area contributed by atoms with Crippen LogP contribution in [0.25, 0.3) is 28.1 Å². The van der Waals surface area contributed by atoms with Crippen LogP contribution in [0.4, 0.5) is 4.39 Å². The summed E-state index contributed by atoms with van der Waals surface area (Å²) in [5.74, 6) is -1.16. The normalized spacial score (nSPS) is 12.1. The average molecular weight is 597 g/mol. The largest absolute Gasteiger partial charge is 0.351 e. The van der Waals surface area contributed by atoms with Crippen molar-refractivity contribution in [2.45, 2.75) is 17.3 Å². The summed E-state index contributed by atoms with van der Waals surface area (Å²) in [5, 5.41) is 6.83. The van der Waals surface area contributed by atoms with Crippen molar-refractivity contribution in [2.75, 3.05) is 13.3 Å². The first-order chi connectivity index (χ1) is 19.5. The van der Waals surface area contributed by atoms with Crippen LogP contribution in [0, 0.1) is 5.82 Å². The Balaban J connectivity index is 1.48. The molecule has 0 saturated carbocycles. The highest BCUT2D eigenvalue weighted by molar-refractivity contribution is 7.90. The molecule has 11 nitrogen and oxygen atoms in total. The van der Waals surface area contributed by atoms with Crippen LogP contribution >= 0.6 is 0 Å². The molecule has 0 unspecified atom stereocenters. The number of hydrogen-bond donors (Lipinski definition) is 1. The number of pyridine rings is 1. The topological polar surface area (TPSA) is 138 Å². The third kappa shape index (κ3) is 5.75. The first-order valence-electron chi connectivity index (χ1n) is 12.2. The Morgan fingerprint density at radius 1 is 0.976 bits per heavy atom. The van der Waals surface area contributed by atoms with Gasteiger partial charge in [0.1, 0.15) is 22.9 Å². The fraction of sp³-hybridized carbons (Fsp3) is 0.148. The molecule has 14 heteroatoms. The number of nitrogens with zero attached hydrogens (tertiary/aromatic N) is 5. The zero-order valence-corrected chi connectivity index (χ0v) is 23.6. The maximum Gasteiger partial charge on any atom is 0.351 e. The number of aromatic nitrogens is 5. The summed E-state index contributed by atoms with van der Waals surface area (Å²) in [4.78, 5) is 16.4. The van der Waals surface area contributed by atoms with Gasteiger partial charge in [-0.3, -0.25) is 4.98 Å². The van der Waals surface area contributed by atoms with Crippen LogP contribution in [-0.4, -0.2) is 53.4 Å². The van der Waals surface area contributed by atoms with Gasteiger partial charge in [-0.1, -0.05) is 18.2 Å². The average Bonchev–Trinajstić information content (AvgIpc) is 3.52. The standard InChI is InChI=1S/C27H25FN6O5S2/c1-29-14-19-12-26(34(16-19)41(38,39)23-4-3-11-30-15-23)24-10-7-21(13-25(24)28)20-5-8-22(9-6-20)32-17-31-33(27(32)35)18-40(2,36)37/h3-13,15-17,29H,14,18H2,1-2H3. The molecule has 1 N–H and O–H groups in total. The highest BCUT2D eigenvalue weighted by Crippen LogP contribution is 2.32. The Morgan fingerprint density at radius 3 is 2.34 bits per heavy atom. The van der Waals surface area contributed by atoms with Crippen LogP contribution in [0.3, 0.4) is 0 Å². The molecule has 0 aliphatic carbocycles. The Labute approximate surface area is 235 Å². The van der Waals surface area contributed by atoms with Gasteiger partial charge in [0.15, 0.2) is 9.84 Å². The van der Waals surface area contributed by atoms with E-state index in [4.69, 9.17) is 0 Å². The summed E-state index contributed by atoms with van der Waals surface area (Å²) in [7, 11) is -5.77. The Bertz CT molecular complexity index is 2000. The van der Waals surface area contributed by atoms with Gasteiger partial charge in [0.2, 0.25) is 0 Å². The third-order valence-electron chi connectivity index (χ3n) is 6.23. The lowest BCUT2D eigenvalue weighted by Gasteiger charge is -2.12. The summed E-state index contributed by atoms with van der Waals surface area (Å²) < 4.78 is 68.6. The molecule has 0 atom stereocenters. The summed E-state index contributed by atoms with van der Waals surface area (Å²) in [5.41, 5.74) is 1.94. The summed E-state index contributed by atoms with van der Waals surface area (Å²) in [6.07, 6.45) is 6.41. The second kappa shape index (κ2) is 10.9. The van der Waals surface area contributed by atoms with Crippen molar-refractivity contribution < 1.29 is 21.2 Å². The van der Waals surface area contributed by atoms with Crippen molar-refractivity contribution in [3.05, 3.63) is 107 Å². The minimum absolute atomic E-state index is 0.0223. The van der Waals surface area contributed by atoms with Crippen molar-refractivity contribution in [2.24, 2.45) is 0 Å². The van der Waals surface area contributed by atoms with Gasteiger partial charge >= 0.3 is 5.69 Å².